The Bertz CT molecular complexity index is 299. The zero-order valence-corrected chi connectivity index (χ0v) is 12.1. The molecule has 1 atom stereocenters. The molecule has 2 rings (SSSR count). The molecule has 0 aromatic heterocycles. The average molecular weight is 253 g/mol. The lowest BCUT2D eigenvalue weighted by Crippen LogP contribution is -2.57. The van der Waals surface area contributed by atoms with Crippen LogP contribution in [0.4, 0.5) is 0 Å². The van der Waals surface area contributed by atoms with E-state index in [-0.39, 0.29) is 5.54 Å². The first kappa shape index (κ1) is 13.8. The van der Waals surface area contributed by atoms with E-state index in [9.17, 15) is 4.79 Å². The summed E-state index contributed by atoms with van der Waals surface area (Å²) < 4.78 is 0. The fourth-order valence-corrected chi connectivity index (χ4v) is 3.34. The van der Waals surface area contributed by atoms with Crippen molar-refractivity contribution >= 4 is 5.91 Å². The minimum atomic E-state index is 0.256. The molecule has 4 heteroatoms. The monoisotopic (exact) mass is 253 g/mol. The Labute approximate surface area is 111 Å². The van der Waals surface area contributed by atoms with Gasteiger partial charge in [-0.3, -0.25) is 9.69 Å². The number of piperazine rings is 1. The molecule has 0 spiro atoms. The second-order valence-corrected chi connectivity index (χ2v) is 5.79. The van der Waals surface area contributed by atoms with Gasteiger partial charge in [-0.1, -0.05) is 13.8 Å². The van der Waals surface area contributed by atoms with Gasteiger partial charge in [0.15, 0.2) is 0 Å². The van der Waals surface area contributed by atoms with Gasteiger partial charge in [-0.05, 0) is 19.9 Å². The van der Waals surface area contributed by atoms with Crippen molar-refractivity contribution in [3.05, 3.63) is 0 Å². The molecule has 0 aliphatic carbocycles. The van der Waals surface area contributed by atoms with Crippen LogP contribution in [0.15, 0.2) is 0 Å². The number of rotatable bonds is 3. The largest absolute Gasteiger partial charge is 0.341 e. The molecule has 4 nitrogen and oxygen atoms in total. The number of hydrogen-bond donors (Lipinski definition) is 0. The number of likely N-dealkylation sites (tertiary alicyclic amines) is 1. The molecule has 2 aliphatic rings. The summed E-state index contributed by atoms with van der Waals surface area (Å²) in [5.74, 6) is 0.319. The molecular weight excluding hydrogens is 226 g/mol. The van der Waals surface area contributed by atoms with Crippen molar-refractivity contribution in [1.29, 1.82) is 0 Å². The van der Waals surface area contributed by atoms with Crippen LogP contribution in [0.1, 0.15) is 33.1 Å². The quantitative estimate of drug-likeness (QED) is 0.751. The molecule has 1 amide bonds. The highest BCUT2D eigenvalue weighted by Crippen LogP contribution is 2.32. The molecule has 0 saturated carbocycles. The zero-order valence-electron chi connectivity index (χ0n) is 12.1. The van der Waals surface area contributed by atoms with Crippen molar-refractivity contribution in [1.82, 2.24) is 14.7 Å². The van der Waals surface area contributed by atoms with E-state index >= 15 is 0 Å². The smallest absolute Gasteiger partial charge is 0.222 e. The lowest BCUT2D eigenvalue weighted by Gasteiger charge is -2.45. The van der Waals surface area contributed by atoms with Crippen molar-refractivity contribution in [2.75, 3.05) is 46.3 Å². The number of carbonyl (C=O) groups is 1. The fraction of sp³-hybridized carbons (Fsp3) is 0.929. The van der Waals surface area contributed by atoms with Crippen LogP contribution in [-0.4, -0.2) is 72.5 Å². The molecular formula is C14H27N3O. The first-order chi connectivity index (χ1) is 8.61. The number of likely N-dealkylation sites (N-methyl/N-ethyl adjacent to an activating group) is 1. The van der Waals surface area contributed by atoms with Crippen LogP contribution in [0.25, 0.3) is 0 Å². The van der Waals surface area contributed by atoms with Gasteiger partial charge >= 0.3 is 0 Å². The van der Waals surface area contributed by atoms with Gasteiger partial charge in [-0.2, -0.15) is 0 Å². The molecule has 0 bridgehead atoms. The maximum Gasteiger partial charge on any atom is 0.222 e. The average Bonchev–Trinajstić information content (AvgIpc) is 2.84. The lowest BCUT2D eigenvalue weighted by molar-refractivity contribution is -0.130. The third-order valence-electron chi connectivity index (χ3n) is 4.82. The van der Waals surface area contributed by atoms with Crippen LogP contribution in [0.3, 0.4) is 0 Å². The number of nitrogens with zero attached hydrogens (tertiary/aromatic N) is 3. The van der Waals surface area contributed by atoms with E-state index in [0.29, 0.717) is 12.3 Å². The van der Waals surface area contributed by atoms with E-state index in [2.05, 4.69) is 28.7 Å². The number of hydrogen-bond acceptors (Lipinski definition) is 3. The Balaban J connectivity index is 2.01. The molecule has 0 aromatic carbocycles. The van der Waals surface area contributed by atoms with Crippen LogP contribution >= 0.6 is 0 Å². The van der Waals surface area contributed by atoms with Gasteiger partial charge in [0, 0.05) is 51.2 Å². The van der Waals surface area contributed by atoms with E-state index < -0.39 is 0 Å². The van der Waals surface area contributed by atoms with Crippen molar-refractivity contribution in [3.63, 3.8) is 0 Å². The standard InChI is InChI=1S/C14H27N3O/c1-4-13(18)16-7-6-14(5-2,12-16)17-10-8-15(3)9-11-17/h4-12H2,1-3H3. The predicted octanol–water partition coefficient (Wildman–Crippen LogP) is 1.02. The topological polar surface area (TPSA) is 26.8 Å². The van der Waals surface area contributed by atoms with Crippen molar-refractivity contribution < 1.29 is 4.79 Å². The molecule has 0 N–H and O–H groups in total. The molecule has 0 aromatic rings. The Hall–Kier alpha value is -0.610. The van der Waals surface area contributed by atoms with E-state index in [1.54, 1.807) is 0 Å². The third-order valence-corrected chi connectivity index (χ3v) is 4.82. The summed E-state index contributed by atoms with van der Waals surface area (Å²) in [5.41, 5.74) is 0.256. The third kappa shape index (κ3) is 2.54. The van der Waals surface area contributed by atoms with E-state index in [4.69, 9.17) is 0 Å². The van der Waals surface area contributed by atoms with Gasteiger partial charge in [-0.15, -0.1) is 0 Å². The summed E-state index contributed by atoms with van der Waals surface area (Å²) in [4.78, 5) is 19.0. The normalized spacial score (nSPS) is 30.9. The SMILES string of the molecule is CCC(=O)N1CCC(CC)(N2CCN(C)CC2)C1. The molecule has 2 fully saturated rings. The van der Waals surface area contributed by atoms with Gasteiger partial charge < -0.3 is 9.80 Å². The molecule has 0 radical (unpaired) electrons. The minimum Gasteiger partial charge on any atom is -0.341 e. The van der Waals surface area contributed by atoms with E-state index in [0.717, 1.165) is 52.1 Å². The number of carbonyl (C=O) groups excluding carboxylic acids is 1. The van der Waals surface area contributed by atoms with Crippen LogP contribution in [-0.2, 0) is 4.79 Å². The fourth-order valence-electron chi connectivity index (χ4n) is 3.34. The van der Waals surface area contributed by atoms with Gasteiger partial charge in [-0.25, -0.2) is 0 Å². The van der Waals surface area contributed by atoms with Gasteiger partial charge in [0.1, 0.15) is 0 Å². The first-order valence-electron chi connectivity index (χ1n) is 7.32. The second-order valence-electron chi connectivity index (χ2n) is 5.79. The predicted molar refractivity (Wildman–Crippen MR) is 73.6 cm³/mol. The Kier molecular flexibility index (Phi) is 4.28. The molecule has 2 aliphatic heterocycles. The van der Waals surface area contributed by atoms with Gasteiger partial charge in [0.2, 0.25) is 5.91 Å². The first-order valence-corrected chi connectivity index (χ1v) is 7.32. The van der Waals surface area contributed by atoms with Gasteiger partial charge in [0.25, 0.3) is 0 Å². The summed E-state index contributed by atoms with van der Waals surface area (Å²) in [6.07, 6.45) is 2.95. The van der Waals surface area contributed by atoms with Crippen LogP contribution in [0, 0.1) is 0 Å². The molecule has 104 valence electrons. The highest BCUT2D eigenvalue weighted by Gasteiger charge is 2.43. The Morgan fingerprint density at radius 3 is 2.33 bits per heavy atom. The van der Waals surface area contributed by atoms with Crippen molar-refractivity contribution in [2.24, 2.45) is 0 Å². The Morgan fingerprint density at radius 1 is 1.11 bits per heavy atom. The number of amides is 1. The molecule has 2 heterocycles. The summed E-state index contributed by atoms with van der Waals surface area (Å²) in [6.45, 7) is 10.7. The lowest BCUT2D eigenvalue weighted by atomic mass is 9.92. The molecule has 18 heavy (non-hydrogen) atoms. The van der Waals surface area contributed by atoms with Gasteiger partial charge in [0.05, 0.1) is 0 Å². The zero-order chi connectivity index (χ0) is 13.2. The van der Waals surface area contributed by atoms with Crippen LogP contribution < -0.4 is 0 Å². The summed E-state index contributed by atoms with van der Waals surface area (Å²) in [5, 5.41) is 0. The highest BCUT2D eigenvalue weighted by atomic mass is 16.2. The minimum absolute atomic E-state index is 0.256. The van der Waals surface area contributed by atoms with E-state index in [1.165, 1.54) is 0 Å². The Morgan fingerprint density at radius 2 is 1.78 bits per heavy atom. The van der Waals surface area contributed by atoms with Crippen LogP contribution in [0.2, 0.25) is 0 Å². The maximum atomic E-state index is 11.9. The second kappa shape index (κ2) is 5.57. The van der Waals surface area contributed by atoms with Crippen molar-refractivity contribution in [2.45, 2.75) is 38.6 Å². The summed E-state index contributed by atoms with van der Waals surface area (Å²) in [7, 11) is 2.19. The van der Waals surface area contributed by atoms with Crippen molar-refractivity contribution in [3.8, 4) is 0 Å². The highest BCUT2D eigenvalue weighted by molar-refractivity contribution is 5.76. The summed E-state index contributed by atoms with van der Waals surface area (Å²) in [6, 6.07) is 0. The maximum absolute atomic E-state index is 11.9. The molecule has 2 saturated heterocycles. The van der Waals surface area contributed by atoms with E-state index in [1.807, 2.05) is 6.92 Å². The molecule has 1 unspecified atom stereocenters. The summed E-state index contributed by atoms with van der Waals surface area (Å²) >= 11 is 0. The van der Waals surface area contributed by atoms with Crippen LogP contribution in [0.5, 0.6) is 0 Å².